The molecule has 26 heavy (non-hydrogen) atoms. The van der Waals surface area contributed by atoms with E-state index in [1.807, 2.05) is 0 Å². The maximum atomic E-state index is 13.5. The number of anilines is 1. The predicted octanol–water partition coefficient (Wildman–Crippen LogP) is 5.01. The lowest BCUT2D eigenvalue weighted by atomic mass is 10.2. The summed E-state index contributed by atoms with van der Waals surface area (Å²) >= 11 is 1.21. The average Bonchev–Trinajstić information content (AvgIpc) is 3.28. The van der Waals surface area contributed by atoms with E-state index in [2.05, 4.69) is 4.98 Å². The summed E-state index contributed by atoms with van der Waals surface area (Å²) in [4.78, 5) is 18.9. The highest BCUT2D eigenvalue weighted by atomic mass is 32.1. The van der Waals surface area contributed by atoms with Gasteiger partial charge in [0.15, 0.2) is 5.13 Å². The van der Waals surface area contributed by atoms with Crippen LogP contribution in [0.3, 0.4) is 0 Å². The summed E-state index contributed by atoms with van der Waals surface area (Å²) in [5.74, 6) is -0.559. The second kappa shape index (κ2) is 6.68. The van der Waals surface area contributed by atoms with Crippen LogP contribution in [0.5, 0.6) is 0 Å². The fourth-order valence-corrected chi connectivity index (χ4v) is 3.52. The molecule has 2 aromatic carbocycles. The van der Waals surface area contributed by atoms with Crippen LogP contribution < -0.4 is 4.90 Å². The van der Waals surface area contributed by atoms with Gasteiger partial charge in [-0.15, -0.1) is 0 Å². The molecule has 0 saturated heterocycles. The number of fused-ring (bicyclic) bond motifs is 1. The number of benzene rings is 2. The van der Waals surface area contributed by atoms with Gasteiger partial charge in [-0.05, 0) is 54.6 Å². The summed E-state index contributed by atoms with van der Waals surface area (Å²) in [6.45, 7) is 0.158. The van der Waals surface area contributed by atoms with Gasteiger partial charge in [-0.3, -0.25) is 9.69 Å². The zero-order valence-electron chi connectivity index (χ0n) is 13.4. The Bertz CT molecular complexity index is 1060. The van der Waals surface area contributed by atoms with Gasteiger partial charge in [0.05, 0.1) is 23.0 Å². The third-order valence-corrected chi connectivity index (χ3v) is 4.84. The van der Waals surface area contributed by atoms with Crippen molar-refractivity contribution in [1.82, 2.24) is 4.98 Å². The quantitative estimate of drug-likeness (QED) is 0.507. The lowest BCUT2D eigenvalue weighted by molar-refractivity contribution is 0.0983. The van der Waals surface area contributed by atoms with Crippen molar-refractivity contribution in [1.29, 1.82) is 0 Å². The van der Waals surface area contributed by atoms with E-state index < -0.39 is 5.82 Å². The number of hydrogen-bond acceptors (Lipinski definition) is 4. The summed E-state index contributed by atoms with van der Waals surface area (Å²) in [6, 6.07) is 13.0. The minimum Gasteiger partial charge on any atom is -0.467 e. The van der Waals surface area contributed by atoms with Crippen LogP contribution in [0.1, 0.15) is 16.1 Å². The molecule has 1 amide bonds. The largest absolute Gasteiger partial charge is 0.467 e. The van der Waals surface area contributed by atoms with Crippen LogP contribution in [0.4, 0.5) is 13.9 Å². The standard InChI is InChI=1S/C19H12F2N2O2S/c20-13-5-3-12(4-6-13)18(24)23(11-15-2-1-9-25-15)19-22-16-8-7-14(21)10-17(16)26-19/h1-10H,11H2. The minimum absolute atomic E-state index is 0.158. The molecule has 0 bridgehead atoms. The first-order valence-electron chi connectivity index (χ1n) is 7.76. The van der Waals surface area contributed by atoms with Gasteiger partial charge in [0, 0.05) is 5.56 Å². The Morgan fingerprint density at radius 3 is 2.58 bits per heavy atom. The molecule has 0 aliphatic rings. The Balaban J connectivity index is 1.76. The molecule has 0 spiro atoms. The fourth-order valence-electron chi connectivity index (χ4n) is 2.53. The Hall–Kier alpha value is -3.06. The monoisotopic (exact) mass is 370 g/mol. The molecule has 4 aromatic rings. The third-order valence-electron chi connectivity index (χ3n) is 3.80. The van der Waals surface area contributed by atoms with E-state index in [-0.39, 0.29) is 18.3 Å². The highest BCUT2D eigenvalue weighted by Crippen LogP contribution is 2.31. The molecule has 0 atom stereocenters. The molecule has 0 fully saturated rings. The molecule has 0 N–H and O–H groups in total. The van der Waals surface area contributed by atoms with E-state index >= 15 is 0 Å². The van der Waals surface area contributed by atoms with E-state index in [0.717, 1.165) is 0 Å². The van der Waals surface area contributed by atoms with Crippen molar-refractivity contribution in [3.63, 3.8) is 0 Å². The van der Waals surface area contributed by atoms with Gasteiger partial charge < -0.3 is 4.42 Å². The topological polar surface area (TPSA) is 46.3 Å². The second-order valence-electron chi connectivity index (χ2n) is 5.59. The third kappa shape index (κ3) is 3.21. The molecular formula is C19H12F2N2O2S. The van der Waals surface area contributed by atoms with Crippen LogP contribution in [-0.4, -0.2) is 10.9 Å². The van der Waals surface area contributed by atoms with E-state index in [0.29, 0.717) is 26.7 Å². The van der Waals surface area contributed by atoms with Crippen molar-refractivity contribution in [2.45, 2.75) is 6.54 Å². The molecule has 0 saturated carbocycles. The first-order chi connectivity index (χ1) is 12.6. The summed E-state index contributed by atoms with van der Waals surface area (Å²) in [5.41, 5.74) is 0.922. The Morgan fingerprint density at radius 2 is 1.85 bits per heavy atom. The number of thiazole rings is 1. The first-order valence-corrected chi connectivity index (χ1v) is 8.58. The minimum atomic E-state index is -0.422. The second-order valence-corrected chi connectivity index (χ2v) is 6.60. The van der Waals surface area contributed by atoms with Crippen molar-refractivity contribution in [3.05, 3.63) is 83.8 Å². The van der Waals surface area contributed by atoms with E-state index in [1.54, 1.807) is 18.2 Å². The maximum Gasteiger partial charge on any atom is 0.260 e. The lowest BCUT2D eigenvalue weighted by Crippen LogP contribution is -2.30. The Labute approximate surface area is 151 Å². The molecule has 0 aliphatic heterocycles. The molecule has 2 aromatic heterocycles. The molecule has 7 heteroatoms. The molecule has 130 valence electrons. The van der Waals surface area contributed by atoms with Gasteiger partial charge in [-0.25, -0.2) is 13.8 Å². The SMILES string of the molecule is O=C(c1ccc(F)cc1)N(Cc1ccco1)c1nc2ccc(F)cc2s1. The van der Waals surface area contributed by atoms with E-state index in [4.69, 9.17) is 4.42 Å². The van der Waals surface area contributed by atoms with Gasteiger partial charge in [-0.1, -0.05) is 11.3 Å². The Kier molecular flexibility index (Phi) is 4.22. The van der Waals surface area contributed by atoms with Gasteiger partial charge in [0.2, 0.25) is 0 Å². The predicted molar refractivity (Wildman–Crippen MR) is 95.2 cm³/mol. The van der Waals surface area contributed by atoms with Crippen LogP contribution in [0.15, 0.2) is 65.3 Å². The average molecular weight is 370 g/mol. The fraction of sp³-hybridized carbons (Fsp3) is 0.0526. The number of carbonyl (C=O) groups is 1. The van der Waals surface area contributed by atoms with Crippen molar-refractivity contribution in [2.24, 2.45) is 0 Å². The van der Waals surface area contributed by atoms with E-state index in [1.165, 1.54) is 58.9 Å². The number of aromatic nitrogens is 1. The maximum absolute atomic E-state index is 13.5. The normalized spacial score (nSPS) is 11.0. The summed E-state index contributed by atoms with van der Waals surface area (Å²) in [7, 11) is 0. The number of amides is 1. The highest BCUT2D eigenvalue weighted by molar-refractivity contribution is 7.22. The molecule has 2 heterocycles. The smallest absolute Gasteiger partial charge is 0.260 e. The molecule has 0 radical (unpaired) electrons. The van der Waals surface area contributed by atoms with Crippen LogP contribution in [-0.2, 0) is 6.54 Å². The van der Waals surface area contributed by atoms with Crippen LogP contribution in [0, 0.1) is 11.6 Å². The number of rotatable bonds is 4. The van der Waals surface area contributed by atoms with Gasteiger partial charge in [0.25, 0.3) is 5.91 Å². The van der Waals surface area contributed by atoms with Crippen molar-refractivity contribution < 1.29 is 18.0 Å². The lowest BCUT2D eigenvalue weighted by Gasteiger charge is -2.18. The molecular weight excluding hydrogens is 358 g/mol. The molecule has 4 nitrogen and oxygen atoms in total. The Morgan fingerprint density at radius 1 is 1.08 bits per heavy atom. The number of carbonyl (C=O) groups excluding carboxylic acids is 1. The van der Waals surface area contributed by atoms with Gasteiger partial charge >= 0.3 is 0 Å². The van der Waals surface area contributed by atoms with Crippen molar-refractivity contribution in [2.75, 3.05) is 4.90 Å². The zero-order valence-corrected chi connectivity index (χ0v) is 14.2. The van der Waals surface area contributed by atoms with Crippen LogP contribution in [0.25, 0.3) is 10.2 Å². The van der Waals surface area contributed by atoms with E-state index in [9.17, 15) is 13.6 Å². The van der Waals surface area contributed by atoms with Crippen molar-refractivity contribution >= 4 is 32.6 Å². The number of hydrogen-bond donors (Lipinski definition) is 0. The van der Waals surface area contributed by atoms with Gasteiger partial charge in [0.1, 0.15) is 17.4 Å². The number of nitrogens with zero attached hydrogens (tertiary/aromatic N) is 2. The molecule has 4 rings (SSSR count). The van der Waals surface area contributed by atoms with Crippen LogP contribution >= 0.6 is 11.3 Å². The summed E-state index contributed by atoms with van der Waals surface area (Å²) in [5, 5.41) is 0.413. The molecule has 0 aliphatic carbocycles. The number of furan rings is 1. The zero-order chi connectivity index (χ0) is 18.1. The van der Waals surface area contributed by atoms with Crippen LogP contribution in [0.2, 0.25) is 0 Å². The number of halogens is 2. The molecule has 0 unspecified atom stereocenters. The summed E-state index contributed by atoms with van der Waals surface area (Å²) in [6.07, 6.45) is 1.52. The van der Waals surface area contributed by atoms with Gasteiger partial charge in [-0.2, -0.15) is 0 Å². The first kappa shape index (κ1) is 16.4. The highest BCUT2D eigenvalue weighted by Gasteiger charge is 2.23. The van der Waals surface area contributed by atoms with Crippen molar-refractivity contribution in [3.8, 4) is 0 Å². The summed E-state index contributed by atoms with van der Waals surface area (Å²) < 4.78 is 32.6.